The Kier molecular flexibility index (Phi) is 6.48. The lowest BCUT2D eigenvalue weighted by molar-refractivity contribution is 0.0959. The zero-order chi connectivity index (χ0) is 22.8. The van der Waals surface area contributed by atoms with Crippen LogP contribution in [-0.4, -0.2) is 49.1 Å². The fraction of sp³-hybridized carbons (Fsp3) is 0.360. The smallest absolute Gasteiger partial charge is 0.295 e. The average Bonchev–Trinajstić information content (AvgIpc) is 3.40. The van der Waals surface area contributed by atoms with Gasteiger partial charge < -0.3 is 14.1 Å². The second-order valence-corrected chi connectivity index (χ2v) is 8.91. The van der Waals surface area contributed by atoms with Crippen molar-refractivity contribution in [2.75, 3.05) is 38.2 Å². The number of nitrogens with zero attached hydrogens (tertiary/aromatic N) is 3. The van der Waals surface area contributed by atoms with Crippen LogP contribution in [0.3, 0.4) is 0 Å². The molecule has 2 aromatic carbocycles. The molecular formula is C25H29N3O3S. The first-order chi connectivity index (χ1) is 15.4. The Bertz CT molecular complexity index is 1260. The fourth-order valence-electron chi connectivity index (χ4n) is 3.98. The van der Waals surface area contributed by atoms with Gasteiger partial charge in [0.1, 0.15) is 0 Å². The van der Waals surface area contributed by atoms with Gasteiger partial charge in [0.25, 0.3) is 5.91 Å². The number of thiazole rings is 1. The summed E-state index contributed by atoms with van der Waals surface area (Å²) in [4.78, 5) is 22.6. The number of rotatable bonds is 8. The highest BCUT2D eigenvalue weighted by atomic mass is 32.1. The molecule has 0 unspecified atom stereocenters. The number of ether oxygens (including phenoxy) is 1. The summed E-state index contributed by atoms with van der Waals surface area (Å²) in [6.45, 7) is 11.6. The lowest BCUT2D eigenvalue weighted by Crippen LogP contribution is -2.38. The molecule has 0 spiro atoms. The Morgan fingerprint density at radius 1 is 1.12 bits per heavy atom. The van der Waals surface area contributed by atoms with Crippen LogP contribution in [0, 0.1) is 13.8 Å². The monoisotopic (exact) mass is 451 g/mol. The third-order valence-corrected chi connectivity index (χ3v) is 6.79. The van der Waals surface area contributed by atoms with Crippen molar-refractivity contribution < 1.29 is 13.9 Å². The van der Waals surface area contributed by atoms with Gasteiger partial charge in [0, 0.05) is 18.5 Å². The van der Waals surface area contributed by atoms with Gasteiger partial charge in [-0.15, -0.1) is 0 Å². The number of anilines is 1. The molecule has 0 aliphatic rings. The van der Waals surface area contributed by atoms with Crippen LogP contribution in [0.5, 0.6) is 5.75 Å². The quantitative estimate of drug-likeness (QED) is 0.346. The lowest BCUT2D eigenvalue weighted by atomic mass is 10.1. The summed E-state index contributed by atoms with van der Waals surface area (Å²) in [5, 5.41) is 1.53. The molecule has 0 N–H and O–H groups in total. The molecule has 168 valence electrons. The molecule has 7 heteroatoms. The number of aryl methyl sites for hydroxylation is 2. The van der Waals surface area contributed by atoms with E-state index in [2.05, 4.69) is 44.7 Å². The number of carbonyl (C=O) groups is 1. The summed E-state index contributed by atoms with van der Waals surface area (Å²) in [5.41, 5.74) is 3.84. The van der Waals surface area contributed by atoms with Crippen molar-refractivity contribution in [1.29, 1.82) is 0 Å². The van der Waals surface area contributed by atoms with Crippen LogP contribution in [0.1, 0.15) is 35.5 Å². The van der Waals surface area contributed by atoms with Crippen LogP contribution in [0.2, 0.25) is 0 Å². The van der Waals surface area contributed by atoms with E-state index in [4.69, 9.17) is 14.1 Å². The normalized spacial score (nSPS) is 11.6. The van der Waals surface area contributed by atoms with Crippen LogP contribution in [0.4, 0.5) is 5.13 Å². The first-order valence-corrected chi connectivity index (χ1v) is 11.7. The van der Waals surface area contributed by atoms with E-state index in [1.807, 2.05) is 18.2 Å². The highest BCUT2D eigenvalue weighted by Crippen LogP contribution is 2.34. The van der Waals surface area contributed by atoms with E-state index < -0.39 is 0 Å². The number of amides is 1. The van der Waals surface area contributed by atoms with E-state index in [0.29, 0.717) is 23.0 Å². The molecule has 4 aromatic rings. The van der Waals surface area contributed by atoms with Gasteiger partial charge >= 0.3 is 0 Å². The summed E-state index contributed by atoms with van der Waals surface area (Å²) < 4.78 is 12.5. The maximum atomic E-state index is 13.7. The van der Waals surface area contributed by atoms with Crippen molar-refractivity contribution in [3.05, 3.63) is 53.3 Å². The maximum Gasteiger partial charge on any atom is 0.295 e. The van der Waals surface area contributed by atoms with Gasteiger partial charge in [0.05, 0.1) is 17.3 Å². The number of aromatic nitrogens is 1. The minimum atomic E-state index is -0.191. The van der Waals surface area contributed by atoms with Crippen molar-refractivity contribution in [3.8, 4) is 5.75 Å². The average molecular weight is 452 g/mol. The van der Waals surface area contributed by atoms with E-state index in [1.54, 1.807) is 29.4 Å². The summed E-state index contributed by atoms with van der Waals surface area (Å²) in [6, 6.07) is 11.7. The Morgan fingerprint density at radius 2 is 1.91 bits per heavy atom. The van der Waals surface area contributed by atoms with Crippen LogP contribution in [0.25, 0.3) is 21.2 Å². The van der Waals surface area contributed by atoms with Crippen molar-refractivity contribution in [2.24, 2.45) is 0 Å². The SMILES string of the molecule is CCN(CC)CCN(C(=O)c1cc2cccc(OC)c2o1)c1nc2c(C)cc(C)cc2s1. The third kappa shape index (κ3) is 4.23. The molecule has 1 amide bonds. The summed E-state index contributed by atoms with van der Waals surface area (Å²) in [5.74, 6) is 0.711. The van der Waals surface area contributed by atoms with Crippen molar-refractivity contribution in [1.82, 2.24) is 9.88 Å². The number of para-hydroxylation sites is 1. The standard InChI is InChI=1S/C25H29N3O3S/c1-6-27(7-2)11-12-28(25-26-22-17(4)13-16(3)14-21(22)32-25)24(29)20-15-18-9-8-10-19(30-5)23(18)31-20/h8-10,13-15H,6-7,11-12H2,1-5H3. The van der Waals surface area contributed by atoms with E-state index in [1.165, 1.54) is 5.56 Å². The van der Waals surface area contributed by atoms with Crippen molar-refractivity contribution in [3.63, 3.8) is 0 Å². The highest BCUT2D eigenvalue weighted by molar-refractivity contribution is 7.22. The van der Waals surface area contributed by atoms with Crippen molar-refractivity contribution in [2.45, 2.75) is 27.7 Å². The highest BCUT2D eigenvalue weighted by Gasteiger charge is 2.26. The summed E-state index contributed by atoms with van der Waals surface area (Å²) in [6.07, 6.45) is 0. The minimum absolute atomic E-state index is 0.191. The fourth-order valence-corrected chi connectivity index (χ4v) is 5.14. The first-order valence-electron chi connectivity index (χ1n) is 10.9. The van der Waals surface area contributed by atoms with Crippen LogP contribution >= 0.6 is 11.3 Å². The minimum Gasteiger partial charge on any atom is -0.493 e. The molecular weight excluding hydrogens is 422 g/mol. The Labute approximate surface area is 192 Å². The van der Waals surface area contributed by atoms with Gasteiger partial charge in [0.15, 0.2) is 22.2 Å². The third-order valence-electron chi connectivity index (χ3n) is 5.77. The van der Waals surface area contributed by atoms with Crippen LogP contribution < -0.4 is 9.64 Å². The van der Waals surface area contributed by atoms with Gasteiger partial charge in [-0.25, -0.2) is 4.98 Å². The van der Waals surface area contributed by atoms with Gasteiger partial charge in [0.2, 0.25) is 0 Å². The molecule has 0 aliphatic carbocycles. The predicted octanol–water partition coefficient (Wildman–Crippen LogP) is 5.66. The molecule has 0 fully saturated rings. The van der Waals surface area contributed by atoms with E-state index in [0.717, 1.165) is 40.8 Å². The van der Waals surface area contributed by atoms with Crippen LogP contribution in [0.15, 0.2) is 40.8 Å². The van der Waals surface area contributed by atoms with Gasteiger partial charge in [-0.3, -0.25) is 9.69 Å². The number of furan rings is 1. The van der Waals surface area contributed by atoms with Gasteiger partial charge in [-0.1, -0.05) is 43.4 Å². The number of methoxy groups -OCH3 is 1. The predicted molar refractivity (Wildman–Crippen MR) is 131 cm³/mol. The summed E-state index contributed by atoms with van der Waals surface area (Å²) in [7, 11) is 1.60. The molecule has 32 heavy (non-hydrogen) atoms. The Hall–Kier alpha value is -2.90. The number of hydrogen-bond donors (Lipinski definition) is 0. The number of fused-ring (bicyclic) bond motifs is 2. The van der Waals surface area contributed by atoms with Gasteiger partial charge in [-0.2, -0.15) is 0 Å². The molecule has 2 heterocycles. The second kappa shape index (κ2) is 9.30. The van der Waals surface area contributed by atoms with E-state index in [9.17, 15) is 4.79 Å². The zero-order valence-corrected chi connectivity index (χ0v) is 20.1. The number of likely N-dealkylation sites (N-methyl/N-ethyl adjacent to an activating group) is 1. The summed E-state index contributed by atoms with van der Waals surface area (Å²) >= 11 is 1.55. The van der Waals surface area contributed by atoms with E-state index in [-0.39, 0.29) is 11.7 Å². The number of hydrogen-bond acceptors (Lipinski definition) is 6. The topological polar surface area (TPSA) is 58.8 Å². The number of benzene rings is 2. The van der Waals surface area contributed by atoms with E-state index >= 15 is 0 Å². The molecule has 0 saturated heterocycles. The molecule has 0 aliphatic heterocycles. The van der Waals surface area contributed by atoms with Crippen molar-refractivity contribution >= 4 is 43.6 Å². The lowest BCUT2D eigenvalue weighted by Gasteiger charge is -2.24. The van der Waals surface area contributed by atoms with Crippen LogP contribution in [-0.2, 0) is 0 Å². The Morgan fingerprint density at radius 3 is 2.62 bits per heavy atom. The van der Waals surface area contributed by atoms with Gasteiger partial charge in [-0.05, 0) is 56.3 Å². The molecule has 2 aromatic heterocycles. The molecule has 0 saturated carbocycles. The molecule has 0 atom stereocenters. The largest absolute Gasteiger partial charge is 0.493 e. The molecule has 0 bridgehead atoms. The number of carbonyl (C=O) groups excluding carboxylic acids is 1. The molecule has 6 nitrogen and oxygen atoms in total. The maximum absolute atomic E-state index is 13.7. The Balaban J connectivity index is 1.75. The molecule has 4 rings (SSSR count). The second-order valence-electron chi connectivity index (χ2n) is 7.90. The zero-order valence-electron chi connectivity index (χ0n) is 19.3. The molecule has 0 radical (unpaired) electrons. The first kappa shape index (κ1) is 22.3.